The lowest BCUT2D eigenvalue weighted by Crippen LogP contribution is -2.46. The normalized spacial score (nSPS) is 16.4. The molecule has 2 heterocycles. The second-order valence-electron chi connectivity index (χ2n) is 4.05. The van der Waals surface area contributed by atoms with E-state index < -0.39 is 0 Å². The van der Waals surface area contributed by atoms with Crippen LogP contribution in [-0.2, 0) is 11.3 Å². The van der Waals surface area contributed by atoms with Gasteiger partial charge in [-0.3, -0.25) is 4.79 Å². The molecule has 1 aromatic rings. The van der Waals surface area contributed by atoms with Crippen LogP contribution < -0.4 is 5.32 Å². The minimum Gasteiger partial charge on any atom is -0.340 e. The molecule has 0 atom stereocenters. The number of carbonyl (C=O) groups excluding carboxylic acids is 1. The predicted octanol–water partition coefficient (Wildman–Crippen LogP) is 0.0134. The minimum atomic E-state index is 0.245. The first-order valence-corrected chi connectivity index (χ1v) is 5.73. The topological polar surface area (TPSA) is 50.2 Å². The van der Waals surface area contributed by atoms with Crippen molar-refractivity contribution in [3.8, 4) is 0 Å². The Morgan fingerprint density at radius 3 is 2.88 bits per heavy atom. The molecule has 88 valence electrons. The van der Waals surface area contributed by atoms with Crippen LogP contribution in [0.2, 0.25) is 0 Å². The van der Waals surface area contributed by atoms with Crippen molar-refractivity contribution < 1.29 is 4.79 Å². The third-order valence-corrected chi connectivity index (χ3v) is 2.96. The Bertz CT molecular complexity index is 355. The van der Waals surface area contributed by atoms with E-state index in [1.54, 1.807) is 6.20 Å². The van der Waals surface area contributed by atoms with Gasteiger partial charge in [-0.2, -0.15) is 0 Å². The lowest BCUT2D eigenvalue weighted by atomic mass is 10.3. The largest absolute Gasteiger partial charge is 0.340 e. The van der Waals surface area contributed by atoms with Gasteiger partial charge >= 0.3 is 0 Å². The van der Waals surface area contributed by atoms with Crippen molar-refractivity contribution in [1.82, 2.24) is 19.8 Å². The number of nitrogens with zero attached hydrogens (tertiary/aromatic N) is 3. The minimum absolute atomic E-state index is 0.245. The van der Waals surface area contributed by atoms with Crippen molar-refractivity contribution in [3.63, 3.8) is 0 Å². The molecule has 2 rings (SSSR count). The molecule has 0 bridgehead atoms. The van der Waals surface area contributed by atoms with Crippen LogP contribution in [-0.4, -0.2) is 46.5 Å². The molecule has 1 aliphatic rings. The van der Waals surface area contributed by atoms with Crippen LogP contribution in [0.1, 0.15) is 12.2 Å². The number of hydrogen-bond donors (Lipinski definition) is 1. The van der Waals surface area contributed by atoms with Crippen molar-refractivity contribution in [2.24, 2.45) is 0 Å². The van der Waals surface area contributed by atoms with Crippen LogP contribution >= 0.6 is 0 Å². The molecule has 1 saturated heterocycles. The summed E-state index contributed by atoms with van der Waals surface area (Å²) in [5, 5.41) is 3.24. The van der Waals surface area contributed by atoms with Crippen molar-refractivity contribution in [3.05, 3.63) is 18.2 Å². The Labute approximate surface area is 95.5 Å². The lowest BCUT2D eigenvalue weighted by molar-refractivity contribution is -0.132. The Morgan fingerprint density at radius 1 is 1.50 bits per heavy atom. The third kappa shape index (κ3) is 2.61. The maximum Gasteiger partial charge on any atom is 0.224 e. The number of amides is 1. The first-order valence-electron chi connectivity index (χ1n) is 5.73. The number of nitrogens with one attached hydrogen (secondary N) is 1. The van der Waals surface area contributed by atoms with Crippen molar-refractivity contribution in [2.75, 3.05) is 26.2 Å². The van der Waals surface area contributed by atoms with Crippen LogP contribution in [0.25, 0.3) is 0 Å². The lowest BCUT2D eigenvalue weighted by Gasteiger charge is -2.27. The van der Waals surface area contributed by atoms with Crippen LogP contribution in [0, 0.1) is 6.92 Å². The first kappa shape index (κ1) is 11.1. The monoisotopic (exact) mass is 222 g/mol. The highest BCUT2D eigenvalue weighted by atomic mass is 16.2. The van der Waals surface area contributed by atoms with E-state index in [4.69, 9.17) is 0 Å². The van der Waals surface area contributed by atoms with Gasteiger partial charge in [0.25, 0.3) is 0 Å². The molecule has 5 heteroatoms. The standard InChI is InChI=1S/C11H18N4O/c1-10-13-5-9-14(10)6-2-11(16)15-7-3-12-4-8-15/h5,9,12H,2-4,6-8H2,1H3. The number of carbonyl (C=O) groups is 1. The van der Waals surface area contributed by atoms with Crippen molar-refractivity contribution in [1.29, 1.82) is 0 Å². The molecule has 0 radical (unpaired) electrons. The zero-order chi connectivity index (χ0) is 11.4. The van der Waals surface area contributed by atoms with E-state index in [0.29, 0.717) is 6.42 Å². The Kier molecular flexibility index (Phi) is 3.56. The molecule has 1 fully saturated rings. The van der Waals surface area contributed by atoms with Crippen LogP contribution in [0.4, 0.5) is 0 Å². The van der Waals surface area contributed by atoms with E-state index in [0.717, 1.165) is 38.5 Å². The molecular formula is C11H18N4O. The van der Waals surface area contributed by atoms with Crippen molar-refractivity contribution >= 4 is 5.91 Å². The van der Waals surface area contributed by atoms with Gasteiger partial charge in [0, 0.05) is 51.5 Å². The molecule has 1 amide bonds. The number of piperazine rings is 1. The van der Waals surface area contributed by atoms with E-state index in [1.165, 1.54) is 0 Å². The second kappa shape index (κ2) is 5.12. The first-order chi connectivity index (χ1) is 7.77. The van der Waals surface area contributed by atoms with E-state index in [-0.39, 0.29) is 5.91 Å². The summed E-state index contributed by atoms with van der Waals surface area (Å²) in [6.45, 7) is 6.18. The summed E-state index contributed by atoms with van der Waals surface area (Å²) in [7, 11) is 0. The molecule has 16 heavy (non-hydrogen) atoms. The van der Waals surface area contributed by atoms with E-state index in [9.17, 15) is 4.79 Å². The fraction of sp³-hybridized carbons (Fsp3) is 0.636. The molecular weight excluding hydrogens is 204 g/mol. The zero-order valence-corrected chi connectivity index (χ0v) is 9.65. The van der Waals surface area contributed by atoms with Gasteiger partial charge < -0.3 is 14.8 Å². The molecule has 1 N–H and O–H groups in total. The van der Waals surface area contributed by atoms with E-state index >= 15 is 0 Å². The maximum atomic E-state index is 11.9. The summed E-state index contributed by atoms with van der Waals surface area (Å²) in [6.07, 6.45) is 4.25. The number of imidazole rings is 1. The average Bonchev–Trinajstić information content (AvgIpc) is 2.73. The quantitative estimate of drug-likeness (QED) is 0.784. The highest BCUT2D eigenvalue weighted by Crippen LogP contribution is 2.01. The fourth-order valence-electron chi connectivity index (χ4n) is 1.93. The highest BCUT2D eigenvalue weighted by molar-refractivity contribution is 5.76. The molecule has 0 saturated carbocycles. The van der Waals surface area contributed by atoms with Crippen LogP contribution in [0.15, 0.2) is 12.4 Å². The van der Waals surface area contributed by atoms with Gasteiger partial charge in [0.2, 0.25) is 5.91 Å². The number of rotatable bonds is 3. The smallest absolute Gasteiger partial charge is 0.224 e. The summed E-state index contributed by atoms with van der Waals surface area (Å²) in [4.78, 5) is 17.9. The SMILES string of the molecule is Cc1nccn1CCC(=O)N1CCNCC1. The zero-order valence-electron chi connectivity index (χ0n) is 9.65. The summed E-state index contributed by atoms with van der Waals surface area (Å²) >= 11 is 0. The summed E-state index contributed by atoms with van der Waals surface area (Å²) < 4.78 is 2.01. The third-order valence-electron chi connectivity index (χ3n) is 2.96. The van der Waals surface area contributed by atoms with Gasteiger partial charge in [-0.15, -0.1) is 0 Å². The van der Waals surface area contributed by atoms with Gasteiger partial charge in [0.15, 0.2) is 0 Å². The Hall–Kier alpha value is -1.36. The van der Waals surface area contributed by atoms with E-state index in [2.05, 4.69) is 10.3 Å². The van der Waals surface area contributed by atoms with Crippen LogP contribution in [0.3, 0.4) is 0 Å². The van der Waals surface area contributed by atoms with Gasteiger partial charge in [0.1, 0.15) is 5.82 Å². The molecule has 1 aliphatic heterocycles. The van der Waals surface area contributed by atoms with Crippen LogP contribution in [0.5, 0.6) is 0 Å². The number of aryl methyl sites for hydroxylation is 2. The van der Waals surface area contributed by atoms with Gasteiger partial charge in [-0.1, -0.05) is 0 Å². The summed E-state index contributed by atoms with van der Waals surface area (Å²) in [5.74, 6) is 1.21. The molecule has 0 aliphatic carbocycles. The van der Waals surface area contributed by atoms with Gasteiger partial charge in [0.05, 0.1) is 0 Å². The molecule has 5 nitrogen and oxygen atoms in total. The van der Waals surface area contributed by atoms with Gasteiger partial charge in [-0.05, 0) is 6.92 Å². The maximum absolute atomic E-state index is 11.9. The second-order valence-corrected chi connectivity index (χ2v) is 4.05. The Balaban J connectivity index is 1.81. The predicted molar refractivity (Wildman–Crippen MR) is 61.0 cm³/mol. The highest BCUT2D eigenvalue weighted by Gasteiger charge is 2.15. The van der Waals surface area contributed by atoms with E-state index in [1.807, 2.05) is 22.6 Å². The summed E-state index contributed by atoms with van der Waals surface area (Å²) in [5.41, 5.74) is 0. The van der Waals surface area contributed by atoms with Crippen molar-refractivity contribution in [2.45, 2.75) is 19.9 Å². The number of hydrogen-bond acceptors (Lipinski definition) is 3. The molecule has 0 unspecified atom stereocenters. The molecule has 0 aromatic carbocycles. The van der Waals surface area contributed by atoms with Gasteiger partial charge in [-0.25, -0.2) is 4.98 Å². The summed E-state index contributed by atoms with van der Waals surface area (Å²) in [6, 6.07) is 0. The molecule has 0 spiro atoms. The fourth-order valence-corrected chi connectivity index (χ4v) is 1.93. The number of aromatic nitrogens is 2. The Morgan fingerprint density at radius 2 is 2.25 bits per heavy atom. The molecule has 1 aromatic heterocycles. The average molecular weight is 222 g/mol.